The summed E-state index contributed by atoms with van der Waals surface area (Å²) in [5.41, 5.74) is 0. The van der Waals surface area contributed by atoms with E-state index in [2.05, 4.69) is 15.2 Å². The molecule has 1 saturated heterocycles. The van der Waals surface area contributed by atoms with Gasteiger partial charge in [0.25, 0.3) is 0 Å². The highest BCUT2D eigenvalue weighted by atomic mass is 35.5. The molecule has 2 heterocycles. The Labute approximate surface area is 117 Å². The van der Waals surface area contributed by atoms with Crippen molar-refractivity contribution >= 4 is 23.4 Å². The Morgan fingerprint density at radius 2 is 2.28 bits per heavy atom. The molecule has 2 N–H and O–H groups in total. The van der Waals surface area contributed by atoms with Gasteiger partial charge in [0.05, 0.1) is 11.1 Å². The van der Waals surface area contributed by atoms with Crippen LogP contribution in [-0.4, -0.2) is 59.6 Å². The molecule has 18 heavy (non-hydrogen) atoms. The first-order valence-corrected chi connectivity index (χ1v) is 7.46. The number of aliphatic hydroxyl groups is 1. The monoisotopic (exact) mass is 287 g/mol. The minimum absolute atomic E-state index is 0.342. The average molecular weight is 288 g/mol. The maximum Gasteiger partial charge on any atom is 0.115 e. The van der Waals surface area contributed by atoms with E-state index in [1.165, 1.54) is 11.8 Å². The number of aliphatic hydroxyl groups excluding tert-OH is 1. The Kier molecular flexibility index (Phi) is 5.72. The minimum Gasteiger partial charge on any atom is -0.391 e. The fourth-order valence-corrected chi connectivity index (χ4v) is 2.98. The van der Waals surface area contributed by atoms with Crippen molar-refractivity contribution in [2.45, 2.75) is 11.1 Å². The van der Waals surface area contributed by atoms with E-state index in [4.69, 9.17) is 11.6 Å². The summed E-state index contributed by atoms with van der Waals surface area (Å²) in [5.74, 6) is 0.626. The summed E-state index contributed by atoms with van der Waals surface area (Å²) in [6.45, 7) is 4.75. The molecule has 1 aliphatic heterocycles. The van der Waals surface area contributed by atoms with Gasteiger partial charge < -0.3 is 10.4 Å². The number of aromatic nitrogens is 1. The van der Waals surface area contributed by atoms with E-state index in [-0.39, 0.29) is 6.10 Å². The molecule has 100 valence electrons. The molecule has 0 amide bonds. The first-order valence-electron chi connectivity index (χ1n) is 6.10. The highest BCUT2D eigenvalue weighted by molar-refractivity contribution is 7.99. The number of hydrogen-bond acceptors (Lipinski definition) is 5. The molecule has 0 spiro atoms. The van der Waals surface area contributed by atoms with Crippen LogP contribution in [0.1, 0.15) is 0 Å². The number of piperazine rings is 1. The van der Waals surface area contributed by atoms with Gasteiger partial charge in [-0.25, -0.2) is 4.98 Å². The predicted molar refractivity (Wildman–Crippen MR) is 75.3 cm³/mol. The second kappa shape index (κ2) is 7.31. The molecule has 0 aromatic carbocycles. The fourth-order valence-electron chi connectivity index (χ4n) is 1.90. The maximum atomic E-state index is 10.00. The van der Waals surface area contributed by atoms with Crippen molar-refractivity contribution in [3.8, 4) is 0 Å². The van der Waals surface area contributed by atoms with E-state index in [1.807, 2.05) is 12.1 Å². The molecule has 1 aromatic heterocycles. The van der Waals surface area contributed by atoms with Crippen LogP contribution in [0.25, 0.3) is 0 Å². The van der Waals surface area contributed by atoms with Crippen molar-refractivity contribution < 1.29 is 5.11 Å². The van der Waals surface area contributed by atoms with Gasteiger partial charge in [0.15, 0.2) is 0 Å². The summed E-state index contributed by atoms with van der Waals surface area (Å²) in [5, 5.41) is 14.7. The van der Waals surface area contributed by atoms with Crippen LogP contribution in [0.5, 0.6) is 0 Å². The van der Waals surface area contributed by atoms with Gasteiger partial charge in [0, 0.05) is 44.7 Å². The molecule has 1 atom stereocenters. The Bertz CT molecular complexity index is 374. The molecular weight excluding hydrogens is 270 g/mol. The zero-order valence-corrected chi connectivity index (χ0v) is 11.8. The SMILES string of the molecule is OC(CSc1ncccc1Cl)CN1CCNCC1. The molecule has 2 rings (SSSR count). The van der Waals surface area contributed by atoms with Crippen LogP contribution in [0.3, 0.4) is 0 Å². The van der Waals surface area contributed by atoms with Gasteiger partial charge in [-0.2, -0.15) is 0 Å². The molecule has 0 bridgehead atoms. The quantitative estimate of drug-likeness (QED) is 0.794. The lowest BCUT2D eigenvalue weighted by atomic mass is 10.3. The summed E-state index contributed by atoms with van der Waals surface area (Å²) in [6, 6.07) is 3.63. The van der Waals surface area contributed by atoms with Crippen molar-refractivity contribution in [2.75, 3.05) is 38.5 Å². The number of β-amino-alcohol motifs (C(OH)–C–C–N with tert-alkyl or cyclic N) is 1. The lowest BCUT2D eigenvalue weighted by Gasteiger charge is -2.28. The fraction of sp³-hybridized carbons (Fsp3) is 0.583. The van der Waals surface area contributed by atoms with E-state index < -0.39 is 0 Å². The Morgan fingerprint density at radius 3 is 3.00 bits per heavy atom. The Morgan fingerprint density at radius 1 is 1.50 bits per heavy atom. The molecule has 0 saturated carbocycles. The second-order valence-electron chi connectivity index (χ2n) is 4.31. The lowest BCUT2D eigenvalue weighted by molar-refractivity contribution is 0.121. The van der Waals surface area contributed by atoms with E-state index in [1.54, 1.807) is 6.20 Å². The molecule has 1 aliphatic rings. The maximum absolute atomic E-state index is 10.00. The second-order valence-corrected chi connectivity index (χ2v) is 5.72. The van der Waals surface area contributed by atoms with Gasteiger partial charge in [-0.15, -0.1) is 11.8 Å². The van der Waals surface area contributed by atoms with E-state index in [9.17, 15) is 5.11 Å². The normalized spacial score (nSPS) is 18.8. The third-order valence-corrected chi connectivity index (χ3v) is 4.38. The van der Waals surface area contributed by atoms with Crippen LogP contribution in [0.2, 0.25) is 5.02 Å². The average Bonchev–Trinajstić information content (AvgIpc) is 2.39. The molecule has 1 unspecified atom stereocenters. The van der Waals surface area contributed by atoms with Crippen molar-refractivity contribution in [2.24, 2.45) is 0 Å². The van der Waals surface area contributed by atoms with Crippen LogP contribution < -0.4 is 5.32 Å². The molecule has 1 fully saturated rings. The van der Waals surface area contributed by atoms with Gasteiger partial charge in [0.2, 0.25) is 0 Å². The van der Waals surface area contributed by atoms with E-state index in [0.717, 1.165) is 37.7 Å². The molecular formula is C12H18ClN3OS. The molecule has 1 aromatic rings. The standard InChI is InChI=1S/C12H18ClN3OS/c13-11-2-1-3-15-12(11)18-9-10(17)8-16-6-4-14-5-7-16/h1-3,10,14,17H,4-9H2. The summed E-state index contributed by atoms with van der Waals surface area (Å²) in [6.07, 6.45) is 1.38. The summed E-state index contributed by atoms with van der Waals surface area (Å²) in [4.78, 5) is 6.47. The van der Waals surface area contributed by atoms with Crippen molar-refractivity contribution in [3.05, 3.63) is 23.4 Å². The van der Waals surface area contributed by atoms with E-state index >= 15 is 0 Å². The third-order valence-electron chi connectivity index (χ3n) is 2.82. The molecule has 0 radical (unpaired) electrons. The van der Waals surface area contributed by atoms with Gasteiger partial charge in [-0.05, 0) is 12.1 Å². The van der Waals surface area contributed by atoms with Crippen LogP contribution in [0.15, 0.2) is 23.4 Å². The van der Waals surface area contributed by atoms with Gasteiger partial charge in [-0.3, -0.25) is 4.90 Å². The molecule has 0 aliphatic carbocycles. The van der Waals surface area contributed by atoms with Crippen molar-refractivity contribution in [1.29, 1.82) is 0 Å². The number of nitrogens with one attached hydrogen (secondary N) is 1. The van der Waals surface area contributed by atoms with Crippen LogP contribution in [0, 0.1) is 0 Å². The molecule has 6 heteroatoms. The van der Waals surface area contributed by atoms with Gasteiger partial charge in [-0.1, -0.05) is 11.6 Å². The van der Waals surface area contributed by atoms with Crippen molar-refractivity contribution in [1.82, 2.24) is 15.2 Å². The smallest absolute Gasteiger partial charge is 0.115 e. The number of rotatable bonds is 5. The largest absolute Gasteiger partial charge is 0.391 e. The van der Waals surface area contributed by atoms with Gasteiger partial charge in [0.1, 0.15) is 5.03 Å². The van der Waals surface area contributed by atoms with Crippen molar-refractivity contribution in [3.63, 3.8) is 0 Å². The summed E-state index contributed by atoms with van der Waals surface area (Å²) < 4.78 is 0. The highest BCUT2D eigenvalue weighted by Crippen LogP contribution is 2.24. The summed E-state index contributed by atoms with van der Waals surface area (Å²) in [7, 11) is 0. The number of thioether (sulfide) groups is 1. The topological polar surface area (TPSA) is 48.4 Å². The summed E-state index contributed by atoms with van der Waals surface area (Å²) >= 11 is 7.52. The van der Waals surface area contributed by atoms with Crippen LogP contribution >= 0.6 is 23.4 Å². The zero-order valence-electron chi connectivity index (χ0n) is 10.2. The number of hydrogen-bond donors (Lipinski definition) is 2. The zero-order chi connectivity index (χ0) is 12.8. The Balaban J connectivity index is 1.74. The number of pyridine rings is 1. The van der Waals surface area contributed by atoms with Crippen LogP contribution in [-0.2, 0) is 0 Å². The van der Waals surface area contributed by atoms with Crippen LogP contribution in [0.4, 0.5) is 0 Å². The predicted octanol–water partition coefficient (Wildman–Crippen LogP) is 1.09. The molecule has 4 nitrogen and oxygen atoms in total. The van der Waals surface area contributed by atoms with Gasteiger partial charge >= 0.3 is 0 Å². The number of nitrogens with zero attached hydrogens (tertiary/aromatic N) is 2. The third kappa shape index (κ3) is 4.40. The highest BCUT2D eigenvalue weighted by Gasteiger charge is 2.15. The first-order chi connectivity index (χ1) is 8.75. The van der Waals surface area contributed by atoms with E-state index in [0.29, 0.717) is 10.8 Å². The minimum atomic E-state index is -0.342. The Hall–Kier alpha value is -0.330. The lowest BCUT2D eigenvalue weighted by Crippen LogP contribution is -2.46. The number of halogens is 1. The first kappa shape index (κ1) is 14.1.